The molecule has 1 saturated carbocycles. The lowest BCUT2D eigenvalue weighted by Gasteiger charge is -2.34. The van der Waals surface area contributed by atoms with Crippen LogP contribution in [0.5, 0.6) is 0 Å². The topological polar surface area (TPSA) is 120 Å². The maximum Gasteiger partial charge on any atom is 0.251 e. The molecular formula is C22H35N7O2. The Balaban J connectivity index is 1.61. The molecule has 170 valence electrons. The zero-order chi connectivity index (χ0) is 22.2. The SMILES string of the molecule is CN1CCN(C(=O)C(CCCNC2CC2)NC(=O)c2ccc(N(N)/C=C\N)cc2)CC1. The van der Waals surface area contributed by atoms with Crippen molar-refractivity contribution >= 4 is 17.5 Å². The van der Waals surface area contributed by atoms with Gasteiger partial charge in [-0.1, -0.05) is 0 Å². The molecule has 2 fully saturated rings. The number of rotatable bonds is 10. The lowest BCUT2D eigenvalue weighted by molar-refractivity contribution is -0.135. The zero-order valence-corrected chi connectivity index (χ0v) is 18.3. The van der Waals surface area contributed by atoms with E-state index in [-0.39, 0.29) is 11.8 Å². The van der Waals surface area contributed by atoms with Crippen molar-refractivity contribution in [3.63, 3.8) is 0 Å². The molecule has 9 heteroatoms. The molecule has 2 aliphatic rings. The van der Waals surface area contributed by atoms with Gasteiger partial charge in [0.2, 0.25) is 5.91 Å². The Kier molecular flexibility index (Phi) is 8.27. The highest BCUT2D eigenvalue weighted by Gasteiger charge is 2.28. The van der Waals surface area contributed by atoms with Crippen molar-refractivity contribution in [2.45, 2.75) is 37.8 Å². The van der Waals surface area contributed by atoms with Crippen LogP contribution in [-0.4, -0.2) is 73.5 Å². The van der Waals surface area contributed by atoms with Gasteiger partial charge in [-0.05, 0) is 63.5 Å². The molecule has 6 N–H and O–H groups in total. The van der Waals surface area contributed by atoms with Crippen LogP contribution in [0.25, 0.3) is 0 Å². The predicted octanol–water partition coefficient (Wildman–Crippen LogP) is 0.201. The minimum absolute atomic E-state index is 0.00529. The van der Waals surface area contributed by atoms with Gasteiger partial charge in [-0.25, -0.2) is 5.84 Å². The maximum absolute atomic E-state index is 13.2. The molecule has 1 aromatic carbocycles. The number of hydrazine groups is 1. The molecule has 3 rings (SSSR count). The number of hydrogen-bond donors (Lipinski definition) is 4. The quantitative estimate of drug-likeness (QED) is 0.238. The molecule has 0 aromatic heterocycles. The Bertz CT molecular complexity index is 756. The molecule has 1 aliphatic heterocycles. The predicted molar refractivity (Wildman–Crippen MR) is 122 cm³/mol. The molecule has 9 nitrogen and oxygen atoms in total. The van der Waals surface area contributed by atoms with E-state index in [4.69, 9.17) is 11.6 Å². The average molecular weight is 430 g/mol. The van der Waals surface area contributed by atoms with Crippen LogP contribution in [-0.2, 0) is 4.79 Å². The summed E-state index contributed by atoms with van der Waals surface area (Å²) in [5, 5.41) is 7.81. The molecule has 2 amide bonds. The van der Waals surface area contributed by atoms with Crippen LogP contribution in [0.15, 0.2) is 36.7 Å². The summed E-state index contributed by atoms with van der Waals surface area (Å²) in [4.78, 5) is 30.1. The third kappa shape index (κ3) is 6.95. The minimum atomic E-state index is -0.525. The monoisotopic (exact) mass is 429 g/mol. The smallest absolute Gasteiger partial charge is 0.251 e. The summed E-state index contributed by atoms with van der Waals surface area (Å²) in [5.74, 6) is 5.59. The molecule has 0 radical (unpaired) electrons. The van der Waals surface area contributed by atoms with E-state index in [1.807, 2.05) is 4.90 Å². The van der Waals surface area contributed by atoms with Crippen molar-refractivity contribution < 1.29 is 9.59 Å². The van der Waals surface area contributed by atoms with Crippen LogP contribution >= 0.6 is 0 Å². The number of nitrogens with one attached hydrogen (secondary N) is 2. The van der Waals surface area contributed by atoms with Crippen molar-refractivity contribution in [1.29, 1.82) is 0 Å². The normalized spacial score (nSPS) is 18.2. The van der Waals surface area contributed by atoms with Gasteiger partial charge < -0.3 is 26.2 Å². The summed E-state index contributed by atoms with van der Waals surface area (Å²) in [5.41, 5.74) is 6.55. The summed E-state index contributed by atoms with van der Waals surface area (Å²) in [7, 11) is 2.06. The van der Waals surface area contributed by atoms with Crippen molar-refractivity contribution in [3.8, 4) is 0 Å². The third-order valence-corrected chi connectivity index (χ3v) is 5.77. The number of piperazine rings is 1. The molecule has 31 heavy (non-hydrogen) atoms. The van der Waals surface area contributed by atoms with Gasteiger partial charge in [0.15, 0.2) is 0 Å². The highest BCUT2D eigenvalue weighted by molar-refractivity contribution is 5.97. The molecule has 1 aromatic rings. The molecule has 0 bridgehead atoms. The van der Waals surface area contributed by atoms with E-state index in [0.717, 1.165) is 26.1 Å². The number of benzene rings is 1. The number of carbonyl (C=O) groups excluding carboxylic acids is 2. The van der Waals surface area contributed by atoms with E-state index >= 15 is 0 Å². The molecular weight excluding hydrogens is 394 g/mol. The van der Waals surface area contributed by atoms with Gasteiger partial charge in [0, 0.05) is 50.2 Å². The Morgan fingerprint density at radius 2 is 1.87 bits per heavy atom. The van der Waals surface area contributed by atoms with Gasteiger partial charge in [0.1, 0.15) is 6.04 Å². The van der Waals surface area contributed by atoms with Gasteiger partial charge in [0.25, 0.3) is 5.91 Å². The number of hydrogen-bond acceptors (Lipinski definition) is 7. The lowest BCUT2D eigenvalue weighted by Crippen LogP contribution is -2.54. The van der Waals surface area contributed by atoms with Crippen molar-refractivity contribution in [2.24, 2.45) is 11.6 Å². The minimum Gasteiger partial charge on any atom is -0.403 e. The second-order valence-corrected chi connectivity index (χ2v) is 8.32. The van der Waals surface area contributed by atoms with Gasteiger partial charge in [-0.3, -0.25) is 14.6 Å². The standard InChI is InChI=1S/C22H35N7O2/c1-27-13-15-28(16-14-27)22(31)20(3-2-11-25-18-6-7-18)26-21(30)17-4-8-19(9-5-17)29(24)12-10-23/h4-5,8-10,12,18,20,25H,2-3,6-7,11,13-16,23-24H2,1H3,(H,26,30)/b12-10-. The number of anilines is 1. The lowest BCUT2D eigenvalue weighted by atomic mass is 10.1. The second kappa shape index (κ2) is 11.1. The molecule has 1 unspecified atom stereocenters. The van der Waals surface area contributed by atoms with Gasteiger partial charge in [-0.2, -0.15) is 0 Å². The fraction of sp³-hybridized carbons (Fsp3) is 0.545. The summed E-state index contributed by atoms with van der Waals surface area (Å²) in [6, 6.07) is 6.98. The fourth-order valence-electron chi connectivity index (χ4n) is 3.61. The van der Waals surface area contributed by atoms with Crippen LogP contribution in [0.3, 0.4) is 0 Å². The Hall–Kier alpha value is -2.62. The second-order valence-electron chi connectivity index (χ2n) is 8.32. The maximum atomic E-state index is 13.2. The van der Waals surface area contributed by atoms with E-state index < -0.39 is 6.04 Å². The largest absolute Gasteiger partial charge is 0.403 e. The van der Waals surface area contributed by atoms with Crippen LogP contribution in [0.1, 0.15) is 36.0 Å². The van der Waals surface area contributed by atoms with Crippen LogP contribution < -0.4 is 27.2 Å². The number of carbonyl (C=O) groups is 2. The molecule has 1 saturated heterocycles. The summed E-state index contributed by atoms with van der Waals surface area (Å²) in [6.07, 6.45) is 6.79. The summed E-state index contributed by atoms with van der Waals surface area (Å²) >= 11 is 0. The van der Waals surface area contributed by atoms with Crippen LogP contribution in [0, 0.1) is 0 Å². The van der Waals surface area contributed by atoms with Crippen LogP contribution in [0.2, 0.25) is 0 Å². The third-order valence-electron chi connectivity index (χ3n) is 5.77. The van der Waals surface area contributed by atoms with E-state index in [9.17, 15) is 9.59 Å². The average Bonchev–Trinajstić information content (AvgIpc) is 3.60. The van der Waals surface area contributed by atoms with Crippen LogP contribution in [0.4, 0.5) is 5.69 Å². The van der Waals surface area contributed by atoms with Gasteiger partial charge >= 0.3 is 0 Å². The first-order valence-corrected chi connectivity index (χ1v) is 11.0. The van der Waals surface area contributed by atoms with E-state index in [0.29, 0.717) is 36.8 Å². The highest BCUT2D eigenvalue weighted by atomic mass is 16.2. The van der Waals surface area contributed by atoms with E-state index in [1.165, 1.54) is 30.3 Å². The highest BCUT2D eigenvalue weighted by Crippen LogP contribution is 2.18. The first-order chi connectivity index (χ1) is 15.0. The summed E-state index contributed by atoms with van der Waals surface area (Å²) in [6.45, 7) is 3.95. The van der Waals surface area contributed by atoms with Crippen molar-refractivity contribution in [1.82, 2.24) is 20.4 Å². The van der Waals surface area contributed by atoms with Gasteiger partial charge in [-0.15, -0.1) is 0 Å². The zero-order valence-electron chi connectivity index (χ0n) is 18.3. The first-order valence-electron chi connectivity index (χ1n) is 11.0. The van der Waals surface area contributed by atoms with Crippen molar-refractivity contribution in [3.05, 3.63) is 42.2 Å². The van der Waals surface area contributed by atoms with E-state index in [1.54, 1.807) is 24.3 Å². The Labute approximate surface area is 184 Å². The van der Waals surface area contributed by atoms with Gasteiger partial charge in [0.05, 0.1) is 5.69 Å². The van der Waals surface area contributed by atoms with Crippen molar-refractivity contribution in [2.75, 3.05) is 44.8 Å². The number of nitrogens with zero attached hydrogens (tertiary/aromatic N) is 3. The molecule has 0 spiro atoms. The van der Waals surface area contributed by atoms with E-state index in [2.05, 4.69) is 22.6 Å². The fourth-order valence-corrected chi connectivity index (χ4v) is 3.61. The number of likely N-dealkylation sites (N-methyl/N-ethyl adjacent to an activating group) is 1. The molecule has 1 heterocycles. The molecule has 1 atom stereocenters. The Morgan fingerprint density at radius 3 is 2.48 bits per heavy atom. The Morgan fingerprint density at radius 1 is 1.19 bits per heavy atom. The molecule has 1 aliphatic carbocycles. The number of nitrogens with two attached hydrogens (primary N) is 2. The summed E-state index contributed by atoms with van der Waals surface area (Å²) < 4.78 is 0. The number of amides is 2. The first kappa shape index (κ1) is 23.1.